The van der Waals surface area contributed by atoms with Gasteiger partial charge in [-0.3, -0.25) is 0 Å². The molecule has 98 valence electrons. The van der Waals surface area contributed by atoms with Crippen molar-refractivity contribution in [2.45, 2.75) is 42.9 Å². The Balaban J connectivity index is 1.79. The van der Waals surface area contributed by atoms with E-state index in [0.717, 1.165) is 24.6 Å². The molecule has 2 aliphatic rings. The minimum atomic E-state index is -0.108. The molecule has 2 nitrogen and oxygen atoms in total. The third-order valence-corrected chi connectivity index (χ3v) is 4.79. The highest BCUT2D eigenvalue weighted by Gasteiger charge is 2.32. The number of hydrogen-bond acceptors (Lipinski definition) is 3. The monoisotopic (exact) mass is 263 g/mol. The second-order valence-corrected chi connectivity index (χ2v) is 7.39. The molecule has 3 rings (SSSR count). The van der Waals surface area contributed by atoms with E-state index in [0.29, 0.717) is 0 Å². The number of piperidine rings is 1. The molecule has 1 saturated heterocycles. The molecule has 0 spiro atoms. The van der Waals surface area contributed by atoms with Crippen molar-refractivity contribution in [3.8, 4) is 5.75 Å². The molecule has 1 N–H and O–H groups in total. The summed E-state index contributed by atoms with van der Waals surface area (Å²) in [5.41, 5.74) is 1.39. The topological polar surface area (TPSA) is 21.3 Å². The van der Waals surface area contributed by atoms with Crippen molar-refractivity contribution >= 4 is 11.8 Å². The van der Waals surface area contributed by atoms with Gasteiger partial charge in [-0.2, -0.15) is 0 Å². The van der Waals surface area contributed by atoms with Gasteiger partial charge in [-0.05, 0) is 63.7 Å². The lowest BCUT2D eigenvalue weighted by Gasteiger charge is -2.24. The Kier molecular flexibility index (Phi) is 3.29. The summed E-state index contributed by atoms with van der Waals surface area (Å²) in [7, 11) is 0. The number of benzene rings is 1. The highest BCUT2D eigenvalue weighted by atomic mass is 32.2. The lowest BCUT2D eigenvalue weighted by atomic mass is 9.92. The molecule has 2 aliphatic heterocycles. The summed E-state index contributed by atoms with van der Waals surface area (Å²) < 4.78 is 6.11. The minimum absolute atomic E-state index is 0.108. The van der Waals surface area contributed by atoms with Crippen molar-refractivity contribution in [3.05, 3.63) is 23.8 Å². The quantitative estimate of drug-likeness (QED) is 0.883. The van der Waals surface area contributed by atoms with Crippen LogP contribution in [0.4, 0.5) is 0 Å². The summed E-state index contributed by atoms with van der Waals surface area (Å²) in [6, 6.07) is 6.58. The first-order valence-electron chi connectivity index (χ1n) is 6.85. The third-order valence-electron chi connectivity index (χ3n) is 3.67. The maximum absolute atomic E-state index is 6.11. The van der Waals surface area contributed by atoms with Gasteiger partial charge in [-0.15, -0.1) is 0 Å². The highest BCUT2D eigenvalue weighted by molar-refractivity contribution is 8.00. The molecular weight excluding hydrogens is 242 g/mol. The average Bonchev–Trinajstić information content (AvgIpc) is 2.66. The molecule has 0 aromatic heterocycles. The van der Waals surface area contributed by atoms with E-state index in [1.807, 2.05) is 11.8 Å². The second kappa shape index (κ2) is 4.78. The Bertz CT molecular complexity index is 438. The Hall–Kier alpha value is -0.670. The first-order chi connectivity index (χ1) is 8.64. The van der Waals surface area contributed by atoms with Gasteiger partial charge in [0, 0.05) is 0 Å². The van der Waals surface area contributed by atoms with Crippen LogP contribution in [0.15, 0.2) is 23.1 Å². The molecular formula is C15H21NOS. The minimum Gasteiger partial charge on any atom is -0.475 e. The van der Waals surface area contributed by atoms with Crippen LogP contribution >= 0.6 is 11.8 Å². The van der Waals surface area contributed by atoms with Crippen LogP contribution in [0.1, 0.15) is 32.3 Å². The summed E-state index contributed by atoms with van der Waals surface area (Å²) in [4.78, 5) is 1.20. The second-order valence-electron chi connectivity index (χ2n) is 5.76. The van der Waals surface area contributed by atoms with Crippen molar-refractivity contribution in [1.82, 2.24) is 5.32 Å². The van der Waals surface area contributed by atoms with Crippen LogP contribution in [0.25, 0.3) is 0 Å². The van der Waals surface area contributed by atoms with Gasteiger partial charge in [0.1, 0.15) is 5.75 Å². The van der Waals surface area contributed by atoms with Crippen LogP contribution in [0.3, 0.4) is 0 Å². The fourth-order valence-electron chi connectivity index (χ4n) is 2.86. The number of hydrogen-bond donors (Lipinski definition) is 1. The molecule has 1 atom stereocenters. The van der Waals surface area contributed by atoms with Crippen LogP contribution in [0.5, 0.6) is 5.75 Å². The van der Waals surface area contributed by atoms with Crippen LogP contribution in [-0.2, 0) is 6.42 Å². The normalized spacial score (nSPS) is 25.6. The zero-order valence-corrected chi connectivity index (χ0v) is 12.0. The number of ether oxygens (including phenoxy) is 1. The Morgan fingerprint density at radius 3 is 3.11 bits per heavy atom. The highest BCUT2D eigenvalue weighted by Crippen LogP contribution is 2.49. The first kappa shape index (κ1) is 12.4. The Labute approximate surface area is 113 Å². The van der Waals surface area contributed by atoms with E-state index in [9.17, 15) is 0 Å². The van der Waals surface area contributed by atoms with Crippen LogP contribution in [0.2, 0.25) is 0 Å². The number of para-hydroxylation sites is 1. The molecule has 0 saturated carbocycles. The van der Waals surface area contributed by atoms with E-state index in [-0.39, 0.29) is 4.93 Å². The van der Waals surface area contributed by atoms with Crippen LogP contribution in [0, 0.1) is 5.92 Å². The fraction of sp³-hybridized carbons (Fsp3) is 0.600. The van der Waals surface area contributed by atoms with Gasteiger partial charge >= 0.3 is 0 Å². The van der Waals surface area contributed by atoms with E-state index >= 15 is 0 Å². The predicted octanol–water partition coefficient (Wildman–Crippen LogP) is 3.45. The molecule has 0 radical (unpaired) electrons. The van der Waals surface area contributed by atoms with Crippen molar-refractivity contribution in [3.63, 3.8) is 0 Å². The lowest BCUT2D eigenvalue weighted by Crippen LogP contribution is -2.31. The van der Waals surface area contributed by atoms with E-state index in [1.165, 1.54) is 29.8 Å². The summed E-state index contributed by atoms with van der Waals surface area (Å²) in [6.45, 7) is 6.62. The van der Waals surface area contributed by atoms with Crippen molar-refractivity contribution in [1.29, 1.82) is 0 Å². The van der Waals surface area contributed by atoms with Gasteiger partial charge in [0.2, 0.25) is 0 Å². The van der Waals surface area contributed by atoms with Crippen LogP contribution in [-0.4, -0.2) is 18.0 Å². The SMILES string of the molecule is CC1(C)Oc2c(CC3CCCNC3)cccc2S1. The number of fused-ring (bicyclic) bond motifs is 1. The molecule has 0 amide bonds. The molecule has 1 aromatic rings. The van der Waals surface area contributed by atoms with Gasteiger partial charge in [0.25, 0.3) is 0 Å². The van der Waals surface area contributed by atoms with Crippen LogP contribution < -0.4 is 10.1 Å². The molecule has 18 heavy (non-hydrogen) atoms. The number of rotatable bonds is 2. The molecule has 1 fully saturated rings. The van der Waals surface area contributed by atoms with Gasteiger partial charge < -0.3 is 10.1 Å². The fourth-order valence-corrected chi connectivity index (χ4v) is 3.93. The molecule has 1 unspecified atom stereocenters. The average molecular weight is 263 g/mol. The van der Waals surface area contributed by atoms with E-state index in [1.54, 1.807) is 0 Å². The van der Waals surface area contributed by atoms with Gasteiger partial charge in [0.15, 0.2) is 4.93 Å². The number of nitrogens with one attached hydrogen (secondary N) is 1. The van der Waals surface area contributed by atoms with Gasteiger partial charge in [0.05, 0.1) is 4.90 Å². The van der Waals surface area contributed by atoms with E-state index < -0.39 is 0 Å². The summed E-state index contributed by atoms with van der Waals surface area (Å²) in [5.74, 6) is 1.90. The molecule has 0 bridgehead atoms. The standard InChI is InChI=1S/C15H21NOS/c1-15(2)17-14-12(6-3-7-13(14)18-15)9-11-5-4-8-16-10-11/h3,6-7,11,16H,4-5,8-10H2,1-2H3. The lowest BCUT2D eigenvalue weighted by molar-refractivity contribution is 0.211. The zero-order chi connectivity index (χ0) is 12.6. The van der Waals surface area contributed by atoms with Crippen molar-refractivity contribution in [2.24, 2.45) is 5.92 Å². The zero-order valence-electron chi connectivity index (χ0n) is 11.2. The number of thioether (sulfide) groups is 1. The molecule has 1 aromatic carbocycles. The van der Waals surface area contributed by atoms with Crippen molar-refractivity contribution in [2.75, 3.05) is 13.1 Å². The van der Waals surface area contributed by atoms with E-state index in [2.05, 4.69) is 37.4 Å². The first-order valence-corrected chi connectivity index (χ1v) is 7.66. The summed E-state index contributed by atoms with van der Waals surface area (Å²) >= 11 is 1.83. The molecule has 3 heteroatoms. The van der Waals surface area contributed by atoms with Gasteiger partial charge in [-0.25, -0.2) is 0 Å². The maximum atomic E-state index is 6.11. The predicted molar refractivity (Wildman–Crippen MR) is 76.3 cm³/mol. The Morgan fingerprint density at radius 2 is 2.33 bits per heavy atom. The Morgan fingerprint density at radius 1 is 1.44 bits per heavy atom. The maximum Gasteiger partial charge on any atom is 0.153 e. The largest absolute Gasteiger partial charge is 0.475 e. The molecule has 0 aliphatic carbocycles. The van der Waals surface area contributed by atoms with Crippen molar-refractivity contribution < 1.29 is 4.74 Å². The summed E-state index contributed by atoms with van der Waals surface area (Å²) in [5, 5.41) is 3.49. The van der Waals surface area contributed by atoms with E-state index in [4.69, 9.17) is 4.74 Å². The van der Waals surface area contributed by atoms with Gasteiger partial charge in [-0.1, -0.05) is 23.9 Å². The smallest absolute Gasteiger partial charge is 0.153 e. The molecule has 2 heterocycles. The summed E-state index contributed by atoms with van der Waals surface area (Å²) in [6.07, 6.45) is 3.79. The third kappa shape index (κ3) is 2.52.